The molecule has 0 aliphatic rings. The molecule has 0 unspecified atom stereocenters. The number of nitrogens with one attached hydrogen (secondary N) is 2. The number of rotatable bonds is 8. The van der Waals surface area contributed by atoms with Gasteiger partial charge in [0.25, 0.3) is 0 Å². The van der Waals surface area contributed by atoms with Crippen LogP contribution in [0.3, 0.4) is 0 Å². The number of hydrogen-bond acceptors (Lipinski definition) is 4. The van der Waals surface area contributed by atoms with Crippen molar-refractivity contribution in [3.05, 3.63) is 47.3 Å². The van der Waals surface area contributed by atoms with Crippen molar-refractivity contribution in [1.29, 1.82) is 0 Å². The molecular formula is C19H26N4O2S. The van der Waals surface area contributed by atoms with Gasteiger partial charge in [-0.15, -0.1) is 0 Å². The van der Waals surface area contributed by atoms with E-state index in [1.54, 1.807) is 13.3 Å². The zero-order chi connectivity index (χ0) is 18.9. The summed E-state index contributed by atoms with van der Waals surface area (Å²) in [4.78, 5) is 0. The van der Waals surface area contributed by atoms with E-state index in [2.05, 4.69) is 52.5 Å². The van der Waals surface area contributed by atoms with E-state index in [0.717, 1.165) is 28.4 Å². The van der Waals surface area contributed by atoms with Gasteiger partial charge in [-0.05, 0) is 63.3 Å². The molecule has 2 rings (SSSR count). The summed E-state index contributed by atoms with van der Waals surface area (Å²) in [7, 11) is 1.65. The van der Waals surface area contributed by atoms with Gasteiger partial charge in [-0.1, -0.05) is 0 Å². The van der Waals surface area contributed by atoms with Crippen LogP contribution in [-0.2, 0) is 4.74 Å². The standard InChI is InChI=1S/C19H26N4O2S/c1-5-25-18-8-6-17(7-9-18)23-14(2)12-16(15(23)3)13-21-22-19(26)20-10-11-24-4/h6-9,12-13H,5,10-11H2,1-4H3,(H2,20,22,26)/b21-13-. The van der Waals surface area contributed by atoms with Gasteiger partial charge >= 0.3 is 0 Å². The van der Waals surface area contributed by atoms with Crippen molar-refractivity contribution >= 4 is 23.5 Å². The summed E-state index contributed by atoms with van der Waals surface area (Å²) in [5.74, 6) is 0.874. The Morgan fingerprint density at radius 1 is 1.27 bits per heavy atom. The minimum absolute atomic E-state index is 0.471. The van der Waals surface area contributed by atoms with Crippen LogP contribution in [0.15, 0.2) is 35.4 Å². The van der Waals surface area contributed by atoms with Gasteiger partial charge in [-0.3, -0.25) is 5.43 Å². The molecule has 0 amide bonds. The van der Waals surface area contributed by atoms with Crippen LogP contribution >= 0.6 is 12.2 Å². The van der Waals surface area contributed by atoms with Crippen LogP contribution in [-0.4, -0.2) is 42.8 Å². The Morgan fingerprint density at radius 2 is 2.00 bits per heavy atom. The van der Waals surface area contributed by atoms with Crippen LogP contribution in [0.25, 0.3) is 5.69 Å². The number of methoxy groups -OCH3 is 1. The maximum atomic E-state index is 5.51. The Labute approximate surface area is 160 Å². The molecule has 6 nitrogen and oxygen atoms in total. The van der Waals surface area contributed by atoms with E-state index in [4.69, 9.17) is 21.7 Å². The molecule has 0 aliphatic heterocycles. The first-order valence-corrected chi connectivity index (χ1v) is 8.95. The smallest absolute Gasteiger partial charge is 0.187 e. The quantitative estimate of drug-likeness (QED) is 0.322. The molecule has 2 N–H and O–H groups in total. The number of ether oxygens (including phenoxy) is 2. The van der Waals surface area contributed by atoms with Gasteiger partial charge in [0.2, 0.25) is 0 Å². The lowest BCUT2D eigenvalue weighted by molar-refractivity contribution is 0.204. The van der Waals surface area contributed by atoms with Crippen LogP contribution in [0.4, 0.5) is 0 Å². The van der Waals surface area contributed by atoms with Crippen LogP contribution in [0.2, 0.25) is 0 Å². The van der Waals surface area contributed by atoms with Gasteiger partial charge in [0.1, 0.15) is 5.75 Å². The molecule has 0 radical (unpaired) electrons. The minimum Gasteiger partial charge on any atom is -0.494 e. The van der Waals surface area contributed by atoms with E-state index in [1.807, 2.05) is 19.1 Å². The second kappa shape index (κ2) is 9.94. The second-order valence-electron chi connectivity index (χ2n) is 5.71. The fourth-order valence-corrected chi connectivity index (χ4v) is 2.80. The summed E-state index contributed by atoms with van der Waals surface area (Å²) in [5, 5.41) is 7.69. The summed E-state index contributed by atoms with van der Waals surface area (Å²) in [6.45, 7) is 8.02. The van der Waals surface area contributed by atoms with E-state index in [9.17, 15) is 0 Å². The molecule has 0 aliphatic carbocycles. The molecule has 0 spiro atoms. The third-order valence-corrected chi connectivity index (χ3v) is 4.07. The average molecular weight is 375 g/mol. The van der Waals surface area contributed by atoms with E-state index >= 15 is 0 Å². The van der Waals surface area contributed by atoms with E-state index in [-0.39, 0.29) is 0 Å². The number of nitrogens with zero attached hydrogens (tertiary/aromatic N) is 2. The van der Waals surface area contributed by atoms with Gasteiger partial charge in [-0.2, -0.15) is 5.10 Å². The molecular weight excluding hydrogens is 348 g/mol. The van der Waals surface area contributed by atoms with Crippen molar-refractivity contribution < 1.29 is 9.47 Å². The number of hydrogen-bond donors (Lipinski definition) is 2. The summed E-state index contributed by atoms with van der Waals surface area (Å²) in [6, 6.07) is 10.2. The largest absolute Gasteiger partial charge is 0.494 e. The highest BCUT2D eigenvalue weighted by Gasteiger charge is 2.09. The van der Waals surface area contributed by atoms with Crippen molar-refractivity contribution in [2.75, 3.05) is 26.9 Å². The lowest BCUT2D eigenvalue weighted by Crippen LogP contribution is -2.34. The van der Waals surface area contributed by atoms with Crippen LogP contribution < -0.4 is 15.5 Å². The summed E-state index contributed by atoms with van der Waals surface area (Å²) < 4.78 is 12.7. The number of benzene rings is 1. The number of aromatic nitrogens is 1. The van der Waals surface area contributed by atoms with E-state index < -0.39 is 0 Å². The van der Waals surface area contributed by atoms with E-state index in [0.29, 0.717) is 24.9 Å². The normalized spacial score (nSPS) is 10.9. The first kappa shape index (κ1) is 19.9. The minimum atomic E-state index is 0.471. The van der Waals surface area contributed by atoms with Crippen LogP contribution in [0, 0.1) is 13.8 Å². The molecule has 7 heteroatoms. The summed E-state index contributed by atoms with van der Waals surface area (Å²) in [5.41, 5.74) is 7.18. The SMILES string of the molecule is CCOc1ccc(-n2c(C)cc(/C=N\NC(=S)NCCOC)c2C)cc1. The molecule has 1 heterocycles. The lowest BCUT2D eigenvalue weighted by Gasteiger charge is -2.11. The Bertz CT molecular complexity index is 754. The van der Waals surface area contributed by atoms with Crippen LogP contribution in [0.5, 0.6) is 5.75 Å². The Balaban J connectivity index is 2.07. The van der Waals surface area contributed by atoms with Gasteiger partial charge < -0.3 is 19.4 Å². The van der Waals surface area contributed by atoms with E-state index in [1.165, 1.54) is 0 Å². The van der Waals surface area contributed by atoms with Gasteiger partial charge in [0.05, 0.1) is 19.4 Å². The van der Waals surface area contributed by atoms with Gasteiger partial charge in [0, 0.05) is 36.3 Å². The fourth-order valence-electron chi connectivity index (χ4n) is 2.64. The number of thiocarbonyl (C=S) groups is 1. The Hall–Kier alpha value is -2.38. The molecule has 0 bridgehead atoms. The van der Waals surface area contributed by atoms with Crippen LogP contribution in [0.1, 0.15) is 23.9 Å². The third-order valence-electron chi connectivity index (χ3n) is 3.84. The first-order chi connectivity index (χ1) is 12.6. The molecule has 0 saturated heterocycles. The Kier molecular flexibility index (Phi) is 7.62. The summed E-state index contributed by atoms with van der Waals surface area (Å²) in [6.07, 6.45) is 1.78. The predicted octanol–water partition coefficient (Wildman–Crippen LogP) is 2.94. The predicted molar refractivity (Wildman–Crippen MR) is 110 cm³/mol. The molecule has 0 fully saturated rings. The average Bonchev–Trinajstić information content (AvgIpc) is 2.90. The monoisotopic (exact) mass is 374 g/mol. The van der Waals surface area contributed by atoms with Gasteiger partial charge in [0.15, 0.2) is 5.11 Å². The first-order valence-electron chi connectivity index (χ1n) is 8.54. The van der Waals surface area contributed by atoms with Crippen molar-refractivity contribution in [2.24, 2.45) is 5.10 Å². The molecule has 1 aromatic heterocycles. The highest BCUT2D eigenvalue weighted by molar-refractivity contribution is 7.80. The van der Waals surface area contributed by atoms with Crippen molar-refractivity contribution in [1.82, 2.24) is 15.3 Å². The fraction of sp³-hybridized carbons (Fsp3) is 0.368. The number of hydrazone groups is 1. The highest BCUT2D eigenvalue weighted by Crippen LogP contribution is 2.22. The molecule has 1 aromatic carbocycles. The van der Waals surface area contributed by atoms with Crippen molar-refractivity contribution in [3.63, 3.8) is 0 Å². The van der Waals surface area contributed by atoms with Crippen molar-refractivity contribution in [3.8, 4) is 11.4 Å². The molecule has 0 atom stereocenters. The highest BCUT2D eigenvalue weighted by atomic mass is 32.1. The molecule has 140 valence electrons. The van der Waals surface area contributed by atoms with Crippen molar-refractivity contribution in [2.45, 2.75) is 20.8 Å². The molecule has 2 aromatic rings. The maximum Gasteiger partial charge on any atom is 0.187 e. The Morgan fingerprint density at radius 3 is 2.65 bits per heavy atom. The number of aryl methyl sites for hydroxylation is 1. The molecule has 26 heavy (non-hydrogen) atoms. The maximum absolute atomic E-state index is 5.51. The topological polar surface area (TPSA) is 59.8 Å². The second-order valence-corrected chi connectivity index (χ2v) is 6.12. The zero-order valence-corrected chi connectivity index (χ0v) is 16.5. The molecule has 0 saturated carbocycles. The summed E-state index contributed by atoms with van der Waals surface area (Å²) >= 11 is 5.15. The lowest BCUT2D eigenvalue weighted by atomic mass is 10.2. The zero-order valence-electron chi connectivity index (χ0n) is 15.7. The van der Waals surface area contributed by atoms with Gasteiger partial charge in [-0.25, -0.2) is 0 Å². The third kappa shape index (κ3) is 5.31.